The number of nitrogens with two attached hydrogens (primary N) is 1. The number of aromatic nitrogens is 3. The van der Waals surface area contributed by atoms with Crippen molar-refractivity contribution >= 4 is 15.7 Å². The summed E-state index contributed by atoms with van der Waals surface area (Å²) in [6, 6.07) is 3.07. The zero-order valence-electron chi connectivity index (χ0n) is 9.99. The summed E-state index contributed by atoms with van der Waals surface area (Å²) in [4.78, 5) is 7.67. The highest BCUT2D eigenvalue weighted by Gasteiger charge is 2.20. The summed E-state index contributed by atoms with van der Waals surface area (Å²) in [5, 5.41) is 3.38. The smallest absolute Gasteiger partial charge is 0.260 e. The highest BCUT2D eigenvalue weighted by Crippen LogP contribution is 2.16. The molecular formula is C9H12N6O3S. The average Bonchev–Trinajstić information content (AvgIpc) is 2.82. The molecule has 0 aromatic carbocycles. The molecule has 9 nitrogen and oxygen atoms in total. The molecule has 0 unspecified atom stereocenters. The lowest BCUT2D eigenvalue weighted by Gasteiger charge is -2.08. The van der Waals surface area contributed by atoms with Gasteiger partial charge in [-0.25, -0.2) is 18.1 Å². The molecule has 0 aliphatic carbocycles. The third-order valence-electron chi connectivity index (χ3n) is 2.17. The van der Waals surface area contributed by atoms with E-state index in [4.69, 9.17) is 10.4 Å². The number of hydrogen-bond acceptors (Lipinski definition) is 8. The van der Waals surface area contributed by atoms with Gasteiger partial charge in [0.2, 0.25) is 5.89 Å². The second-order valence-corrected chi connectivity index (χ2v) is 5.24. The Morgan fingerprint density at radius 2 is 2.26 bits per heavy atom. The normalized spacial score (nSPS) is 11.5. The monoisotopic (exact) mass is 284 g/mol. The van der Waals surface area contributed by atoms with Crippen molar-refractivity contribution in [3.8, 4) is 0 Å². The molecule has 0 spiro atoms. The van der Waals surface area contributed by atoms with Crippen molar-refractivity contribution in [2.24, 2.45) is 5.84 Å². The van der Waals surface area contributed by atoms with Crippen LogP contribution in [0.4, 0.5) is 5.69 Å². The van der Waals surface area contributed by atoms with Gasteiger partial charge in [-0.15, -0.1) is 0 Å². The van der Waals surface area contributed by atoms with Crippen LogP contribution < -0.4 is 16.0 Å². The summed E-state index contributed by atoms with van der Waals surface area (Å²) < 4.78 is 31.1. The van der Waals surface area contributed by atoms with Gasteiger partial charge in [-0.3, -0.25) is 5.84 Å². The van der Waals surface area contributed by atoms with E-state index < -0.39 is 10.0 Å². The van der Waals surface area contributed by atoms with E-state index in [1.807, 2.05) is 0 Å². The summed E-state index contributed by atoms with van der Waals surface area (Å²) in [7, 11) is -3.82. The molecule has 2 rings (SSSR count). The number of hydrogen-bond donors (Lipinski definition) is 3. The number of nitrogens with zero attached hydrogens (tertiary/aromatic N) is 3. The summed E-state index contributed by atoms with van der Waals surface area (Å²) in [5.41, 5.74) is 2.47. The van der Waals surface area contributed by atoms with E-state index in [0.29, 0.717) is 5.89 Å². The molecular weight excluding hydrogens is 272 g/mol. The van der Waals surface area contributed by atoms with Crippen molar-refractivity contribution in [1.82, 2.24) is 19.8 Å². The van der Waals surface area contributed by atoms with Gasteiger partial charge in [-0.2, -0.15) is 4.98 Å². The van der Waals surface area contributed by atoms with Gasteiger partial charge < -0.3 is 9.95 Å². The molecule has 10 heteroatoms. The molecule has 2 aromatic heterocycles. The van der Waals surface area contributed by atoms with Crippen LogP contribution in [0.3, 0.4) is 0 Å². The predicted molar refractivity (Wildman–Crippen MR) is 65.1 cm³/mol. The Bertz CT molecular complexity index is 668. The molecule has 0 amide bonds. The first kappa shape index (κ1) is 13.4. The molecule has 0 bridgehead atoms. The van der Waals surface area contributed by atoms with E-state index in [1.165, 1.54) is 12.3 Å². The molecule has 0 fully saturated rings. The van der Waals surface area contributed by atoms with Crippen LogP contribution in [-0.4, -0.2) is 23.5 Å². The summed E-state index contributed by atoms with van der Waals surface area (Å²) in [6.07, 6.45) is 1.36. The maximum Gasteiger partial charge on any atom is 0.260 e. The Morgan fingerprint density at radius 1 is 1.47 bits per heavy atom. The third-order valence-corrected chi connectivity index (χ3v) is 3.53. The van der Waals surface area contributed by atoms with Crippen LogP contribution in [-0.2, 0) is 16.6 Å². The minimum absolute atomic E-state index is 0.0970. The van der Waals surface area contributed by atoms with Gasteiger partial charge in [0.15, 0.2) is 10.9 Å². The first-order valence-corrected chi connectivity index (χ1v) is 6.72. The lowest BCUT2D eigenvalue weighted by atomic mass is 10.4. The number of hydrazine groups is 1. The number of aryl methyl sites for hydroxylation is 1. The van der Waals surface area contributed by atoms with Crippen LogP contribution in [0.1, 0.15) is 11.7 Å². The van der Waals surface area contributed by atoms with Crippen molar-refractivity contribution in [3.63, 3.8) is 0 Å². The lowest BCUT2D eigenvalue weighted by molar-refractivity contribution is 0.387. The Labute approximate surface area is 109 Å². The molecule has 0 saturated heterocycles. The van der Waals surface area contributed by atoms with Gasteiger partial charge in [-0.05, 0) is 12.1 Å². The number of nitrogen functional groups attached to an aromatic ring is 1. The largest absolute Gasteiger partial charge is 0.340 e. The van der Waals surface area contributed by atoms with E-state index in [1.54, 1.807) is 13.0 Å². The van der Waals surface area contributed by atoms with Gasteiger partial charge in [0.1, 0.15) is 0 Å². The van der Waals surface area contributed by atoms with Gasteiger partial charge in [-0.1, -0.05) is 5.16 Å². The van der Waals surface area contributed by atoms with Crippen LogP contribution in [0.25, 0.3) is 0 Å². The Balaban J connectivity index is 2.18. The molecule has 2 aromatic rings. The van der Waals surface area contributed by atoms with Crippen molar-refractivity contribution in [2.75, 3.05) is 5.43 Å². The zero-order chi connectivity index (χ0) is 13.9. The van der Waals surface area contributed by atoms with E-state index in [9.17, 15) is 8.42 Å². The third kappa shape index (κ3) is 3.05. The van der Waals surface area contributed by atoms with Crippen LogP contribution in [0.2, 0.25) is 0 Å². The molecule has 0 atom stereocenters. The topological polar surface area (TPSA) is 136 Å². The average molecular weight is 284 g/mol. The standard InChI is InChI=1S/C9H12N6O3S/c1-6-13-8(15-18-6)5-12-19(16,17)9-7(14-10)3-2-4-11-9/h2-4,12,14H,5,10H2,1H3. The van der Waals surface area contributed by atoms with Gasteiger partial charge in [0.05, 0.1) is 12.2 Å². The highest BCUT2D eigenvalue weighted by molar-refractivity contribution is 7.89. The van der Waals surface area contributed by atoms with E-state index in [2.05, 4.69) is 25.3 Å². The second-order valence-electron chi connectivity index (χ2n) is 3.55. The van der Waals surface area contributed by atoms with Crippen molar-refractivity contribution in [3.05, 3.63) is 30.0 Å². The van der Waals surface area contributed by atoms with Gasteiger partial charge in [0.25, 0.3) is 10.0 Å². The molecule has 0 saturated carbocycles. The SMILES string of the molecule is Cc1nc(CNS(=O)(=O)c2ncccc2NN)no1. The Kier molecular flexibility index (Phi) is 3.74. The summed E-state index contributed by atoms with van der Waals surface area (Å²) >= 11 is 0. The number of rotatable bonds is 5. The van der Waals surface area contributed by atoms with Crippen LogP contribution >= 0.6 is 0 Å². The lowest BCUT2D eigenvalue weighted by Crippen LogP contribution is -2.26. The second kappa shape index (κ2) is 5.30. The molecule has 19 heavy (non-hydrogen) atoms. The fraction of sp³-hybridized carbons (Fsp3) is 0.222. The zero-order valence-corrected chi connectivity index (χ0v) is 10.8. The molecule has 0 radical (unpaired) electrons. The quantitative estimate of drug-likeness (QED) is 0.495. The first-order valence-electron chi connectivity index (χ1n) is 5.23. The number of nitrogens with one attached hydrogen (secondary N) is 2. The molecule has 2 heterocycles. The van der Waals surface area contributed by atoms with Crippen LogP contribution in [0, 0.1) is 6.92 Å². The van der Waals surface area contributed by atoms with Crippen LogP contribution in [0.15, 0.2) is 27.9 Å². The van der Waals surface area contributed by atoms with Gasteiger partial charge >= 0.3 is 0 Å². The van der Waals surface area contributed by atoms with Crippen molar-refractivity contribution in [2.45, 2.75) is 18.5 Å². The molecule has 0 aliphatic rings. The highest BCUT2D eigenvalue weighted by atomic mass is 32.2. The Morgan fingerprint density at radius 3 is 2.89 bits per heavy atom. The Hall–Kier alpha value is -2.04. The number of anilines is 1. The fourth-order valence-electron chi connectivity index (χ4n) is 1.36. The van der Waals surface area contributed by atoms with E-state index in [-0.39, 0.29) is 23.1 Å². The van der Waals surface area contributed by atoms with Crippen molar-refractivity contribution in [1.29, 1.82) is 0 Å². The fourth-order valence-corrected chi connectivity index (χ4v) is 2.43. The summed E-state index contributed by atoms with van der Waals surface area (Å²) in [5.74, 6) is 5.83. The number of sulfonamides is 1. The van der Waals surface area contributed by atoms with Gasteiger partial charge in [0, 0.05) is 13.1 Å². The van der Waals surface area contributed by atoms with Crippen molar-refractivity contribution < 1.29 is 12.9 Å². The minimum atomic E-state index is -3.82. The van der Waals surface area contributed by atoms with E-state index >= 15 is 0 Å². The van der Waals surface area contributed by atoms with E-state index in [0.717, 1.165) is 0 Å². The maximum absolute atomic E-state index is 12.0. The minimum Gasteiger partial charge on any atom is -0.340 e. The predicted octanol–water partition coefficient (Wildman–Crippen LogP) is -0.463. The number of pyridine rings is 1. The van der Waals surface area contributed by atoms with Crippen LogP contribution in [0.5, 0.6) is 0 Å². The molecule has 102 valence electrons. The maximum atomic E-state index is 12.0. The summed E-state index contributed by atoms with van der Waals surface area (Å²) in [6.45, 7) is 1.51. The molecule has 0 aliphatic heterocycles. The molecule has 4 N–H and O–H groups in total. The first-order chi connectivity index (χ1) is 9.03.